The van der Waals surface area contributed by atoms with E-state index in [4.69, 9.17) is 25.8 Å². The molecule has 0 fully saturated rings. The van der Waals surface area contributed by atoms with Crippen LogP contribution in [0.25, 0.3) is 0 Å². The van der Waals surface area contributed by atoms with E-state index in [9.17, 15) is 0 Å². The summed E-state index contributed by atoms with van der Waals surface area (Å²) in [6.07, 6.45) is 1.50. The third-order valence-electron chi connectivity index (χ3n) is 0.500. The Morgan fingerprint density at radius 2 is 1.25 bits per heavy atom. The van der Waals surface area contributed by atoms with Gasteiger partial charge in [-0.3, -0.25) is 5.41 Å². The smallest absolute Gasteiger partial charge is 0.231 e. The molecule has 0 heterocycles. The summed E-state index contributed by atoms with van der Waals surface area (Å²) in [5.41, 5.74) is 0. The van der Waals surface area contributed by atoms with Crippen molar-refractivity contribution in [1.82, 2.24) is 10.6 Å². The van der Waals surface area contributed by atoms with Crippen LogP contribution in [-0.4, -0.2) is 32.2 Å². The van der Waals surface area contributed by atoms with E-state index in [0.717, 1.165) is 12.2 Å². The second-order valence-electron chi connectivity index (χ2n) is 1.08. The summed E-state index contributed by atoms with van der Waals surface area (Å²) in [6.45, 7) is 0. The molecule has 0 saturated carbocycles. The summed E-state index contributed by atoms with van der Waals surface area (Å²) in [5.74, 6) is 0.343. The van der Waals surface area contributed by atoms with Gasteiger partial charge in [0.05, 0.1) is 0 Å². The van der Waals surface area contributed by atoms with Crippen molar-refractivity contribution in [2.24, 2.45) is 0 Å². The predicted molar refractivity (Wildman–Crippen MR) is 42.7 cm³/mol. The number of hydrogen-bond donors (Lipinski definition) is 5. The van der Waals surface area contributed by atoms with Crippen LogP contribution in [-0.2, 0) is 9.59 Å². The minimum absolute atomic E-state index is 0.343. The molecule has 0 bridgehead atoms. The second-order valence-corrected chi connectivity index (χ2v) is 1.08. The van der Waals surface area contributed by atoms with Crippen molar-refractivity contribution >= 4 is 18.1 Å². The van der Waals surface area contributed by atoms with Gasteiger partial charge in [-0.1, -0.05) is 0 Å². The first-order valence-corrected chi connectivity index (χ1v) is 2.66. The lowest BCUT2D eigenvalue weighted by molar-refractivity contribution is 0.562. The number of rotatable bonds is 0. The van der Waals surface area contributed by atoms with Gasteiger partial charge in [0.15, 0.2) is 5.96 Å². The van der Waals surface area contributed by atoms with E-state index < -0.39 is 0 Å². The maximum Gasteiger partial charge on any atom is 0.231 e. The molecule has 68 valence electrons. The molecule has 5 N–H and O–H groups in total. The van der Waals surface area contributed by atoms with Crippen LogP contribution in [0, 0.1) is 16.2 Å². The van der Waals surface area contributed by atoms with Gasteiger partial charge in [0, 0.05) is 14.1 Å². The van der Waals surface area contributed by atoms with Crippen molar-refractivity contribution in [2.45, 2.75) is 0 Å². The first-order chi connectivity index (χ1) is 5.64. The largest absolute Gasteiger partial charge is 0.360 e. The van der Waals surface area contributed by atoms with Gasteiger partial charge < -0.3 is 10.6 Å². The van der Waals surface area contributed by atoms with Gasteiger partial charge in [-0.25, -0.2) is 20.4 Å². The Hall–Kier alpha value is -1.97. The molecule has 7 heteroatoms. The van der Waals surface area contributed by atoms with Gasteiger partial charge in [-0.05, 0) is 0 Å². The van der Waals surface area contributed by atoms with E-state index in [2.05, 4.69) is 10.6 Å². The average Bonchev–Trinajstić information content (AvgIpc) is 2.06. The molecule has 7 nitrogen and oxygen atoms in total. The van der Waals surface area contributed by atoms with Gasteiger partial charge >= 0.3 is 0 Å². The highest BCUT2D eigenvalue weighted by Gasteiger charge is 1.75. The van der Waals surface area contributed by atoms with Crippen LogP contribution in [0.4, 0.5) is 0 Å². The molecule has 0 unspecified atom stereocenters. The van der Waals surface area contributed by atoms with E-state index in [1.54, 1.807) is 14.1 Å². The lowest BCUT2D eigenvalue weighted by Crippen LogP contribution is -2.29. The van der Waals surface area contributed by atoms with E-state index >= 15 is 0 Å². The Labute approximate surface area is 69.7 Å². The molecule has 0 atom stereocenters. The zero-order valence-electron chi connectivity index (χ0n) is 6.82. The first-order valence-electron chi connectivity index (χ1n) is 2.66. The van der Waals surface area contributed by atoms with Crippen molar-refractivity contribution in [1.29, 1.82) is 16.2 Å². The predicted octanol–water partition coefficient (Wildman–Crippen LogP) is -0.838. The molecule has 0 radical (unpaired) electrons. The van der Waals surface area contributed by atoms with Crippen molar-refractivity contribution in [3.63, 3.8) is 0 Å². The van der Waals surface area contributed by atoms with Crippen molar-refractivity contribution in [2.75, 3.05) is 14.1 Å². The van der Waals surface area contributed by atoms with Crippen LogP contribution in [0.15, 0.2) is 0 Å². The zero-order chi connectivity index (χ0) is 10.4. The first kappa shape index (κ1) is 16.5. The van der Waals surface area contributed by atoms with Crippen LogP contribution < -0.4 is 10.6 Å². The molecule has 0 aromatic heterocycles. The van der Waals surface area contributed by atoms with Crippen molar-refractivity contribution in [3.05, 3.63) is 0 Å². The molecule has 12 heavy (non-hydrogen) atoms. The monoisotopic (exact) mass is 173 g/mol. The number of guanidine groups is 1. The van der Waals surface area contributed by atoms with Gasteiger partial charge in [-0.2, -0.15) is 0 Å². The molecule has 0 spiro atoms. The Morgan fingerprint density at radius 3 is 1.25 bits per heavy atom. The van der Waals surface area contributed by atoms with Crippen LogP contribution >= 0.6 is 0 Å². The highest BCUT2D eigenvalue weighted by molar-refractivity contribution is 5.75. The van der Waals surface area contributed by atoms with Crippen molar-refractivity contribution < 1.29 is 9.59 Å². The SMILES string of the molecule is CNC(=N)NC.N=C=O.N=C=O. The van der Waals surface area contributed by atoms with E-state index in [0.29, 0.717) is 5.96 Å². The molecule has 0 amide bonds. The Bertz CT molecular complexity index is 149. The third-order valence-corrected chi connectivity index (χ3v) is 0.500. The molecule has 0 aromatic rings. The fraction of sp³-hybridized carbons (Fsp3) is 0.400. The molecule has 0 saturated heterocycles. The Balaban J connectivity index is -0.000000115. The molecule has 0 aliphatic carbocycles. The van der Waals surface area contributed by atoms with Gasteiger partial charge in [-0.15, -0.1) is 0 Å². The lowest BCUT2D eigenvalue weighted by atomic mass is 10.9. The van der Waals surface area contributed by atoms with E-state index in [1.165, 1.54) is 0 Å². The normalized spacial score (nSPS) is 4.83. The topological polar surface area (TPSA) is 130 Å². The number of carbonyl (C=O) groups excluding carboxylic acids is 2. The minimum Gasteiger partial charge on any atom is -0.360 e. The second kappa shape index (κ2) is 23.0. The quantitative estimate of drug-likeness (QED) is 0.186. The standard InChI is InChI=1S/C3H9N3.2CHNO/c1-5-3(4)6-2;2*2-1-3/h1-2H3,(H3,4,5,6);2*2H. The summed E-state index contributed by atoms with van der Waals surface area (Å²) in [5, 5.41) is 22.7. The molecule has 0 aromatic carbocycles. The number of isocyanates is 2. The third kappa shape index (κ3) is 96.3. The van der Waals surface area contributed by atoms with Gasteiger partial charge in [0.25, 0.3) is 0 Å². The molecule has 0 rings (SSSR count). The van der Waals surface area contributed by atoms with E-state index in [1.807, 2.05) is 0 Å². The molecular formula is C5H11N5O2. The zero-order valence-corrected chi connectivity index (χ0v) is 6.82. The number of nitrogens with one attached hydrogen (secondary N) is 5. The van der Waals surface area contributed by atoms with Crippen LogP contribution in [0.2, 0.25) is 0 Å². The molecule has 0 aliphatic rings. The number of hydrogen-bond acceptors (Lipinski definition) is 5. The van der Waals surface area contributed by atoms with E-state index in [-0.39, 0.29) is 0 Å². The fourth-order valence-electron chi connectivity index (χ4n) is 0.125. The van der Waals surface area contributed by atoms with Crippen LogP contribution in [0.3, 0.4) is 0 Å². The summed E-state index contributed by atoms with van der Waals surface area (Å²) >= 11 is 0. The Morgan fingerprint density at radius 1 is 1.08 bits per heavy atom. The molecular weight excluding hydrogens is 162 g/mol. The molecule has 0 aliphatic heterocycles. The average molecular weight is 173 g/mol. The maximum atomic E-state index is 8.35. The summed E-state index contributed by atoms with van der Waals surface area (Å²) in [4.78, 5) is 16.7. The van der Waals surface area contributed by atoms with Gasteiger partial charge in [0.2, 0.25) is 12.2 Å². The highest BCUT2D eigenvalue weighted by Crippen LogP contribution is 1.42. The highest BCUT2D eigenvalue weighted by atomic mass is 16.1. The maximum absolute atomic E-state index is 8.35. The summed E-state index contributed by atoms with van der Waals surface area (Å²) in [6, 6.07) is 0. The van der Waals surface area contributed by atoms with Crippen LogP contribution in [0.5, 0.6) is 0 Å². The Kier molecular flexibility index (Phi) is 31.7. The minimum atomic E-state index is 0.343. The van der Waals surface area contributed by atoms with Crippen molar-refractivity contribution in [3.8, 4) is 0 Å². The summed E-state index contributed by atoms with van der Waals surface area (Å²) in [7, 11) is 3.39. The lowest BCUT2D eigenvalue weighted by Gasteiger charge is -1.95. The van der Waals surface area contributed by atoms with Crippen LogP contribution in [0.1, 0.15) is 0 Å². The van der Waals surface area contributed by atoms with Gasteiger partial charge in [0.1, 0.15) is 0 Å². The fourth-order valence-corrected chi connectivity index (χ4v) is 0.125. The summed E-state index contributed by atoms with van der Waals surface area (Å²) < 4.78 is 0.